The zero-order chi connectivity index (χ0) is 8.74. The van der Waals surface area contributed by atoms with Crippen molar-refractivity contribution in [3.05, 3.63) is 0 Å². The average Bonchev–Trinajstić information content (AvgIpc) is 2.04. The van der Waals surface area contributed by atoms with Gasteiger partial charge in [-0.1, -0.05) is 0 Å². The zero-order valence-electron chi connectivity index (χ0n) is 6.30. The molecule has 0 rings (SSSR count). The molecule has 0 radical (unpaired) electrons. The van der Waals surface area contributed by atoms with E-state index in [1.807, 2.05) is 0 Å². The SMILES string of the molecule is CCO[Si](OCl)(OCl)OCC. The Morgan fingerprint density at radius 1 is 1.00 bits per heavy atom. The highest BCUT2D eigenvalue weighted by molar-refractivity contribution is 6.61. The van der Waals surface area contributed by atoms with E-state index in [1.165, 1.54) is 0 Å². The van der Waals surface area contributed by atoms with Crippen molar-refractivity contribution in [3.63, 3.8) is 0 Å². The van der Waals surface area contributed by atoms with Gasteiger partial charge in [0.25, 0.3) is 0 Å². The Labute approximate surface area is 77.1 Å². The van der Waals surface area contributed by atoms with Gasteiger partial charge in [0, 0.05) is 13.2 Å². The Kier molecular flexibility index (Phi) is 6.54. The normalized spacial score (nSPS) is 12.0. The van der Waals surface area contributed by atoms with E-state index in [2.05, 4.69) is 7.96 Å². The maximum atomic E-state index is 5.08. The van der Waals surface area contributed by atoms with Crippen LogP contribution in [0.2, 0.25) is 0 Å². The van der Waals surface area contributed by atoms with Crippen LogP contribution in [0.4, 0.5) is 0 Å². The van der Waals surface area contributed by atoms with Crippen LogP contribution >= 0.6 is 23.7 Å². The van der Waals surface area contributed by atoms with Crippen molar-refractivity contribution in [2.24, 2.45) is 0 Å². The minimum Gasteiger partial charge on any atom is -0.350 e. The van der Waals surface area contributed by atoms with Crippen LogP contribution in [-0.2, 0) is 16.8 Å². The molecule has 11 heavy (non-hydrogen) atoms. The Bertz CT molecular complexity index is 92.1. The van der Waals surface area contributed by atoms with E-state index in [0.717, 1.165) is 0 Å². The summed E-state index contributed by atoms with van der Waals surface area (Å²) < 4.78 is 18.7. The molecule has 0 aliphatic rings. The van der Waals surface area contributed by atoms with Crippen LogP contribution in [0, 0.1) is 0 Å². The van der Waals surface area contributed by atoms with E-state index in [9.17, 15) is 0 Å². The summed E-state index contributed by atoms with van der Waals surface area (Å²) in [5.74, 6) is 0. The third-order valence-electron chi connectivity index (χ3n) is 0.831. The highest BCUT2D eigenvalue weighted by atomic mass is 35.5. The fraction of sp³-hybridized carbons (Fsp3) is 1.00. The minimum atomic E-state index is -3.21. The van der Waals surface area contributed by atoms with Crippen LogP contribution in [0.25, 0.3) is 0 Å². The largest absolute Gasteiger partial charge is 0.713 e. The third kappa shape index (κ3) is 3.70. The lowest BCUT2D eigenvalue weighted by atomic mass is 10.9. The van der Waals surface area contributed by atoms with Gasteiger partial charge in [-0.3, -0.25) is 0 Å². The van der Waals surface area contributed by atoms with Gasteiger partial charge >= 0.3 is 9.05 Å². The topological polar surface area (TPSA) is 36.9 Å². The van der Waals surface area contributed by atoms with Crippen LogP contribution in [0.5, 0.6) is 0 Å². The molecule has 68 valence electrons. The molecule has 0 heterocycles. The lowest BCUT2D eigenvalue weighted by Crippen LogP contribution is -2.44. The Hall–Kier alpha value is 0.637. The molecule has 0 spiro atoms. The molecular weight excluding hydrogens is 211 g/mol. The van der Waals surface area contributed by atoms with Gasteiger partial charge in [0.1, 0.15) is 0 Å². The molecule has 0 aliphatic carbocycles. The van der Waals surface area contributed by atoms with Crippen LogP contribution in [0.3, 0.4) is 0 Å². The second kappa shape index (κ2) is 6.19. The third-order valence-corrected chi connectivity index (χ3v) is 3.63. The minimum absolute atomic E-state index is 0.367. The van der Waals surface area contributed by atoms with Crippen molar-refractivity contribution in [2.45, 2.75) is 13.8 Å². The van der Waals surface area contributed by atoms with Crippen LogP contribution in [0.15, 0.2) is 0 Å². The lowest BCUT2D eigenvalue weighted by Gasteiger charge is -2.19. The smallest absolute Gasteiger partial charge is 0.350 e. The van der Waals surface area contributed by atoms with E-state index < -0.39 is 9.05 Å². The van der Waals surface area contributed by atoms with Crippen molar-refractivity contribution in [1.82, 2.24) is 0 Å². The van der Waals surface area contributed by atoms with Gasteiger partial charge in [-0.05, 0) is 13.8 Å². The molecule has 0 amide bonds. The quantitative estimate of drug-likeness (QED) is 0.641. The second-order valence-corrected chi connectivity index (χ2v) is 4.33. The molecule has 0 aliphatic heterocycles. The summed E-state index contributed by atoms with van der Waals surface area (Å²) in [5.41, 5.74) is 0. The summed E-state index contributed by atoms with van der Waals surface area (Å²) >= 11 is 10.2. The van der Waals surface area contributed by atoms with Gasteiger partial charge in [-0.2, -0.15) is 0 Å². The molecule has 7 heteroatoms. The van der Waals surface area contributed by atoms with Crippen molar-refractivity contribution >= 4 is 32.8 Å². The summed E-state index contributed by atoms with van der Waals surface area (Å²) in [6.45, 7) is 4.25. The molecule has 0 fully saturated rings. The highest BCUT2D eigenvalue weighted by Crippen LogP contribution is 2.14. The molecule has 0 aromatic heterocycles. The standard InChI is InChI=1S/C4H10Cl2O4Si/c1-3-7-11(9-5,10-6)8-4-2/h3-4H2,1-2H3. The monoisotopic (exact) mass is 220 g/mol. The summed E-state index contributed by atoms with van der Waals surface area (Å²) in [6, 6.07) is 0. The molecule has 0 N–H and O–H groups in total. The van der Waals surface area contributed by atoms with E-state index in [4.69, 9.17) is 32.6 Å². The van der Waals surface area contributed by atoms with Crippen molar-refractivity contribution < 1.29 is 16.8 Å². The van der Waals surface area contributed by atoms with Crippen LogP contribution in [0.1, 0.15) is 13.8 Å². The zero-order valence-corrected chi connectivity index (χ0v) is 8.81. The molecule has 0 unspecified atom stereocenters. The van der Waals surface area contributed by atoms with Gasteiger partial charge in [-0.25, -0.2) is 7.96 Å². The van der Waals surface area contributed by atoms with Gasteiger partial charge in [-0.15, -0.1) is 0 Å². The Morgan fingerprint density at radius 2 is 1.36 bits per heavy atom. The molecule has 0 aromatic carbocycles. The number of hydrogen-bond donors (Lipinski definition) is 0. The summed E-state index contributed by atoms with van der Waals surface area (Å²) in [7, 11) is -3.21. The van der Waals surface area contributed by atoms with Gasteiger partial charge in [0.2, 0.25) is 0 Å². The fourth-order valence-electron chi connectivity index (χ4n) is 0.496. The van der Waals surface area contributed by atoms with Gasteiger partial charge < -0.3 is 8.85 Å². The second-order valence-electron chi connectivity index (χ2n) is 1.52. The highest BCUT2D eigenvalue weighted by Gasteiger charge is 2.46. The van der Waals surface area contributed by atoms with Crippen molar-refractivity contribution in [1.29, 1.82) is 0 Å². The molecule has 0 atom stereocenters. The Morgan fingerprint density at radius 3 is 1.55 bits per heavy atom. The first kappa shape index (κ1) is 11.6. The van der Waals surface area contributed by atoms with Crippen molar-refractivity contribution in [2.75, 3.05) is 13.2 Å². The predicted octanol–water partition coefficient (Wildman–Crippen LogP) is 1.84. The maximum Gasteiger partial charge on any atom is 0.713 e. The predicted molar refractivity (Wildman–Crippen MR) is 42.9 cm³/mol. The number of halogens is 2. The van der Waals surface area contributed by atoms with E-state index in [0.29, 0.717) is 13.2 Å². The van der Waals surface area contributed by atoms with Crippen LogP contribution in [-0.4, -0.2) is 22.3 Å². The van der Waals surface area contributed by atoms with E-state index in [1.54, 1.807) is 13.8 Å². The summed E-state index contributed by atoms with van der Waals surface area (Å²) in [6.07, 6.45) is 0. The molecule has 0 bridgehead atoms. The maximum absolute atomic E-state index is 5.08. The van der Waals surface area contributed by atoms with Crippen molar-refractivity contribution in [3.8, 4) is 0 Å². The first-order valence-electron chi connectivity index (χ1n) is 3.12. The lowest BCUT2D eigenvalue weighted by molar-refractivity contribution is 0.0563. The fourth-order valence-corrected chi connectivity index (χ4v) is 2.31. The molecular formula is C4H10Cl2O4Si. The molecule has 0 aromatic rings. The summed E-state index contributed by atoms with van der Waals surface area (Å²) in [5, 5.41) is 0. The number of rotatable bonds is 6. The van der Waals surface area contributed by atoms with E-state index in [-0.39, 0.29) is 0 Å². The average molecular weight is 221 g/mol. The van der Waals surface area contributed by atoms with E-state index >= 15 is 0 Å². The Balaban J connectivity index is 3.96. The first-order valence-corrected chi connectivity index (χ1v) is 5.37. The summed E-state index contributed by atoms with van der Waals surface area (Å²) in [4.78, 5) is 0. The first-order chi connectivity index (χ1) is 5.24. The molecule has 0 saturated carbocycles. The van der Waals surface area contributed by atoms with Gasteiger partial charge in [0.05, 0.1) is 23.7 Å². The molecule has 0 saturated heterocycles. The van der Waals surface area contributed by atoms with Gasteiger partial charge in [0.15, 0.2) is 0 Å². The van der Waals surface area contributed by atoms with Crippen LogP contribution < -0.4 is 0 Å². The number of hydrogen-bond acceptors (Lipinski definition) is 4. The molecule has 4 nitrogen and oxygen atoms in total.